The van der Waals surface area contributed by atoms with Gasteiger partial charge in [0.05, 0.1) is 10.6 Å². The Hall–Kier alpha value is -2.60. The van der Waals surface area contributed by atoms with Crippen LogP contribution in [0.25, 0.3) is 10.9 Å². The first-order valence-corrected chi connectivity index (χ1v) is 12.2. The van der Waals surface area contributed by atoms with Crippen LogP contribution in [-0.2, 0) is 26.9 Å². The number of para-hydroxylation sites is 1. The van der Waals surface area contributed by atoms with Crippen molar-refractivity contribution in [1.82, 2.24) is 9.88 Å². The second-order valence-electron chi connectivity index (χ2n) is 8.32. The summed E-state index contributed by atoms with van der Waals surface area (Å²) in [5.41, 5.74) is 1.51. The van der Waals surface area contributed by atoms with Gasteiger partial charge in [0.2, 0.25) is 5.91 Å². The first-order valence-electron chi connectivity index (χ1n) is 10.6. The Labute approximate surface area is 178 Å². The number of hydrogen-bond donors (Lipinski definition) is 1. The third-order valence-electron chi connectivity index (χ3n) is 6.06. The van der Waals surface area contributed by atoms with Crippen LogP contribution in [0.15, 0.2) is 65.7 Å². The molecule has 1 fully saturated rings. The fourth-order valence-corrected chi connectivity index (χ4v) is 5.98. The maximum atomic E-state index is 13.2. The molecule has 0 spiro atoms. The number of benzene rings is 2. The number of fused-ring (bicyclic) bond motifs is 1. The zero-order valence-electron chi connectivity index (χ0n) is 17.3. The zero-order chi connectivity index (χ0) is 21.1. The van der Waals surface area contributed by atoms with Gasteiger partial charge in [0.15, 0.2) is 9.84 Å². The van der Waals surface area contributed by atoms with Gasteiger partial charge in [-0.3, -0.25) is 4.79 Å². The number of nitrogens with one attached hydrogen (secondary N) is 1. The summed E-state index contributed by atoms with van der Waals surface area (Å²) >= 11 is 0. The van der Waals surface area contributed by atoms with Crippen molar-refractivity contribution in [1.29, 1.82) is 0 Å². The summed E-state index contributed by atoms with van der Waals surface area (Å²) in [6.45, 7) is 2.30. The third kappa shape index (κ3) is 4.43. The average molecular weight is 425 g/mol. The Balaban J connectivity index is 1.60. The summed E-state index contributed by atoms with van der Waals surface area (Å²) in [7, 11) is -3.54. The number of hydrogen-bond acceptors (Lipinski definition) is 3. The summed E-state index contributed by atoms with van der Waals surface area (Å²) in [6, 6.07) is 16.8. The molecule has 3 aromatic rings. The van der Waals surface area contributed by atoms with E-state index >= 15 is 0 Å². The summed E-state index contributed by atoms with van der Waals surface area (Å²) < 4.78 is 28.1. The smallest absolute Gasteiger partial charge is 0.240 e. The Kier molecular flexibility index (Phi) is 5.95. The van der Waals surface area contributed by atoms with E-state index in [9.17, 15) is 13.2 Å². The van der Waals surface area contributed by atoms with Crippen LogP contribution in [0.5, 0.6) is 0 Å². The van der Waals surface area contributed by atoms with Gasteiger partial charge in [-0.25, -0.2) is 8.42 Å². The van der Waals surface area contributed by atoms with Crippen LogP contribution in [0.3, 0.4) is 0 Å². The van der Waals surface area contributed by atoms with Crippen LogP contribution < -0.4 is 5.32 Å². The summed E-state index contributed by atoms with van der Waals surface area (Å²) in [5.74, 6) is 0.348. The highest BCUT2D eigenvalue weighted by Gasteiger charge is 2.25. The molecular formula is C24H28N2O3S. The molecule has 1 heterocycles. The Morgan fingerprint density at radius 3 is 2.50 bits per heavy atom. The Morgan fingerprint density at radius 1 is 1.03 bits per heavy atom. The van der Waals surface area contributed by atoms with Gasteiger partial charge >= 0.3 is 0 Å². The Morgan fingerprint density at radius 2 is 1.73 bits per heavy atom. The fraction of sp³-hybridized carbons (Fsp3) is 0.375. The highest BCUT2D eigenvalue weighted by Crippen LogP contribution is 2.28. The largest absolute Gasteiger partial charge is 0.352 e. The van der Waals surface area contributed by atoms with Crippen LogP contribution in [0.2, 0.25) is 0 Å². The molecular weight excluding hydrogens is 396 g/mol. The molecule has 1 aromatic heterocycles. The molecule has 2 atom stereocenters. The summed E-state index contributed by atoms with van der Waals surface area (Å²) in [6.07, 6.45) is 6.13. The number of carbonyl (C=O) groups is 1. The molecule has 158 valence electrons. The van der Waals surface area contributed by atoms with Crippen LogP contribution in [0, 0.1) is 5.92 Å². The van der Waals surface area contributed by atoms with Crippen molar-refractivity contribution in [3.63, 3.8) is 0 Å². The van der Waals surface area contributed by atoms with Gasteiger partial charge in [0.25, 0.3) is 0 Å². The van der Waals surface area contributed by atoms with Gasteiger partial charge in [-0.1, -0.05) is 68.3 Å². The standard InChI is InChI=1S/C24H28N2O3S/c1-18-9-5-7-13-21(18)25-24(27)16-26-15-23(20-12-6-8-14-22(20)26)30(28,29)17-19-10-3-2-4-11-19/h2-4,6,8,10-12,14-15,18,21H,5,7,9,13,16-17H2,1H3,(H,25,27). The fourth-order valence-electron chi connectivity index (χ4n) is 4.40. The lowest BCUT2D eigenvalue weighted by Gasteiger charge is -2.29. The lowest BCUT2D eigenvalue weighted by Crippen LogP contribution is -2.42. The van der Waals surface area contributed by atoms with Gasteiger partial charge in [0.1, 0.15) is 6.54 Å². The SMILES string of the molecule is CC1CCCCC1NC(=O)Cn1cc(S(=O)(=O)Cc2ccccc2)c2ccccc21. The van der Waals surface area contributed by atoms with Crippen molar-refractivity contribution >= 4 is 26.6 Å². The topological polar surface area (TPSA) is 68.2 Å². The number of carbonyl (C=O) groups excluding carboxylic acids is 1. The molecule has 1 N–H and O–H groups in total. The van der Waals surface area contributed by atoms with Gasteiger partial charge in [-0.15, -0.1) is 0 Å². The van der Waals surface area contributed by atoms with Crippen molar-refractivity contribution in [2.24, 2.45) is 5.92 Å². The van der Waals surface area contributed by atoms with E-state index in [1.165, 1.54) is 6.42 Å². The minimum atomic E-state index is -3.54. The van der Waals surface area contributed by atoms with E-state index < -0.39 is 9.84 Å². The molecule has 1 aliphatic rings. The average Bonchev–Trinajstić information content (AvgIpc) is 3.10. The molecule has 1 amide bonds. The molecule has 0 bridgehead atoms. The molecule has 1 saturated carbocycles. The lowest BCUT2D eigenvalue weighted by molar-refractivity contribution is -0.122. The number of aromatic nitrogens is 1. The minimum Gasteiger partial charge on any atom is -0.352 e. The predicted molar refractivity (Wildman–Crippen MR) is 119 cm³/mol. The minimum absolute atomic E-state index is 0.0619. The van der Waals surface area contributed by atoms with Crippen LogP contribution >= 0.6 is 0 Å². The Bertz CT molecular complexity index is 1140. The molecule has 1 aliphatic carbocycles. The van der Waals surface area contributed by atoms with Crippen molar-refractivity contribution in [2.75, 3.05) is 0 Å². The predicted octanol–water partition coefficient (Wildman–Crippen LogP) is 4.31. The number of amides is 1. The van der Waals surface area contributed by atoms with Crippen molar-refractivity contribution in [3.8, 4) is 0 Å². The van der Waals surface area contributed by atoms with Crippen LogP contribution in [0.1, 0.15) is 38.2 Å². The van der Waals surface area contributed by atoms with E-state index in [1.54, 1.807) is 10.8 Å². The molecule has 2 aromatic carbocycles. The zero-order valence-corrected chi connectivity index (χ0v) is 18.1. The van der Waals surface area contributed by atoms with Gasteiger partial charge in [-0.05, 0) is 30.4 Å². The first-order chi connectivity index (χ1) is 14.4. The van der Waals surface area contributed by atoms with E-state index in [0.29, 0.717) is 11.3 Å². The third-order valence-corrected chi connectivity index (χ3v) is 7.77. The van der Waals surface area contributed by atoms with Gasteiger partial charge < -0.3 is 9.88 Å². The molecule has 30 heavy (non-hydrogen) atoms. The van der Waals surface area contributed by atoms with E-state index in [1.807, 2.05) is 54.6 Å². The van der Waals surface area contributed by atoms with Crippen molar-refractivity contribution in [2.45, 2.75) is 55.8 Å². The van der Waals surface area contributed by atoms with Gasteiger partial charge in [0, 0.05) is 23.1 Å². The highest BCUT2D eigenvalue weighted by atomic mass is 32.2. The molecule has 0 aliphatic heterocycles. The molecule has 6 heteroatoms. The summed E-state index contributed by atoms with van der Waals surface area (Å²) in [4.78, 5) is 13.0. The molecule has 2 unspecified atom stereocenters. The second-order valence-corrected chi connectivity index (χ2v) is 10.3. The molecule has 4 rings (SSSR count). The lowest BCUT2D eigenvalue weighted by atomic mass is 9.86. The molecule has 0 radical (unpaired) electrons. The summed E-state index contributed by atoms with van der Waals surface area (Å²) in [5, 5.41) is 3.82. The van der Waals surface area contributed by atoms with E-state index in [0.717, 1.165) is 30.3 Å². The normalized spacial score (nSPS) is 19.6. The van der Waals surface area contributed by atoms with Crippen LogP contribution in [0.4, 0.5) is 0 Å². The molecule has 5 nitrogen and oxygen atoms in total. The van der Waals surface area contributed by atoms with Crippen LogP contribution in [-0.4, -0.2) is 24.9 Å². The van der Waals surface area contributed by atoms with Gasteiger partial charge in [-0.2, -0.15) is 0 Å². The number of rotatable bonds is 6. The maximum Gasteiger partial charge on any atom is 0.240 e. The number of nitrogens with zero attached hydrogens (tertiary/aromatic N) is 1. The maximum absolute atomic E-state index is 13.2. The second kappa shape index (κ2) is 8.64. The van der Waals surface area contributed by atoms with Crippen molar-refractivity contribution < 1.29 is 13.2 Å². The number of sulfone groups is 1. The van der Waals surface area contributed by atoms with Crippen molar-refractivity contribution in [3.05, 3.63) is 66.4 Å². The quantitative estimate of drug-likeness (QED) is 0.641. The van der Waals surface area contributed by atoms with E-state index in [2.05, 4.69) is 12.2 Å². The highest BCUT2D eigenvalue weighted by molar-refractivity contribution is 7.90. The first kappa shape index (κ1) is 20.7. The van der Waals surface area contributed by atoms with E-state index in [-0.39, 0.29) is 29.1 Å². The monoisotopic (exact) mass is 424 g/mol. The van der Waals surface area contributed by atoms with E-state index in [4.69, 9.17) is 0 Å². The molecule has 0 saturated heterocycles.